The number of carbonyl (C=O) groups is 1. The van der Waals surface area contributed by atoms with E-state index in [1.807, 2.05) is 53.4 Å². The lowest BCUT2D eigenvalue weighted by atomic mass is 10.1. The molecule has 1 aliphatic heterocycles. The molecule has 0 spiro atoms. The van der Waals surface area contributed by atoms with Gasteiger partial charge in [-0.15, -0.1) is 0 Å². The van der Waals surface area contributed by atoms with Gasteiger partial charge in [-0.25, -0.2) is 0 Å². The molecule has 1 aliphatic rings. The topological polar surface area (TPSA) is 32.3 Å². The van der Waals surface area contributed by atoms with Crippen LogP contribution in [0.3, 0.4) is 0 Å². The number of nitrogens with zero attached hydrogens (tertiary/aromatic N) is 1. The van der Waals surface area contributed by atoms with Gasteiger partial charge < -0.3 is 10.2 Å². The van der Waals surface area contributed by atoms with Crippen molar-refractivity contribution in [2.45, 2.75) is 31.8 Å². The molecule has 0 aromatic heterocycles. The van der Waals surface area contributed by atoms with Crippen LogP contribution in [-0.4, -0.2) is 18.5 Å². The molecule has 2 aromatic rings. The summed E-state index contributed by atoms with van der Waals surface area (Å²) >= 11 is 0. The standard InChI is InChI=1S/C19H22N2O/c22-19(14-17-10-7-13-20-17)21(18-11-5-2-6-12-18)15-16-8-3-1-4-9-16/h1-6,8-9,11-12,17,20H,7,10,13-15H2. The van der Waals surface area contributed by atoms with E-state index in [9.17, 15) is 4.79 Å². The largest absolute Gasteiger partial charge is 0.313 e. The van der Waals surface area contributed by atoms with Crippen molar-refractivity contribution >= 4 is 11.6 Å². The number of nitrogens with one attached hydrogen (secondary N) is 1. The van der Waals surface area contributed by atoms with Gasteiger partial charge in [0.15, 0.2) is 0 Å². The van der Waals surface area contributed by atoms with Gasteiger partial charge in [-0.05, 0) is 37.1 Å². The molecular formula is C19H22N2O. The average molecular weight is 294 g/mol. The van der Waals surface area contributed by atoms with Crippen molar-refractivity contribution in [3.8, 4) is 0 Å². The third-order valence-electron chi connectivity index (χ3n) is 4.14. The Hall–Kier alpha value is -2.13. The van der Waals surface area contributed by atoms with Crippen LogP contribution in [0.15, 0.2) is 60.7 Å². The van der Waals surface area contributed by atoms with Gasteiger partial charge in [0.1, 0.15) is 0 Å². The first-order valence-electron chi connectivity index (χ1n) is 7.95. The Labute approximate surface area is 132 Å². The first-order valence-corrected chi connectivity index (χ1v) is 7.95. The van der Waals surface area contributed by atoms with E-state index in [-0.39, 0.29) is 5.91 Å². The van der Waals surface area contributed by atoms with Crippen molar-refractivity contribution in [2.75, 3.05) is 11.4 Å². The maximum absolute atomic E-state index is 12.8. The normalized spacial score (nSPS) is 17.4. The predicted molar refractivity (Wildman–Crippen MR) is 89.7 cm³/mol. The molecule has 0 radical (unpaired) electrons. The fourth-order valence-electron chi connectivity index (χ4n) is 2.95. The molecule has 0 aliphatic carbocycles. The zero-order valence-electron chi connectivity index (χ0n) is 12.7. The van der Waals surface area contributed by atoms with E-state index in [0.29, 0.717) is 19.0 Å². The average Bonchev–Trinajstić information content (AvgIpc) is 3.07. The minimum Gasteiger partial charge on any atom is -0.313 e. The number of amides is 1. The van der Waals surface area contributed by atoms with Gasteiger partial charge >= 0.3 is 0 Å². The highest BCUT2D eigenvalue weighted by molar-refractivity contribution is 5.93. The van der Waals surface area contributed by atoms with Crippen LogP contribution >= 0.6 is 0 Å². The summed E-state index contributed by atoms with van der Waals surface area (Å²) in [5.41, 5.74) is 2.12. The predicted octanol–water partition coefficient (Wildman–Crippen LogP) is 3.36. The van der Waals surface area contributed by atoms with E-state index in [1.165, 1.54) is 6.42 Å². The van der Waals surface area contributed by atoms with E-state index in [0.717, 1.165) is 24.2 Å². The van der Waals surface area contributed by atoms with E-state index in [2.05, 4.69) is 17.4 Å². The van der Waals surface area contributed by atoms with Crippen LogP contribution in [0.5, 0.6) is 0 Å². The number of para-hydroxylation sites is 1. The molecule has 3 rings (SSSR count). The third kappa shape index (κ3) is 3.74. The molecule has 114 valence electrons. The van der Waals surface area contributed by atoms with Crippen LogP contribution in [0, 0.1) is 0 Å². The van der Waals surface area contributed by atoms with Crippen molar-refractivity contribution in [3.63, 3.8) is 0 Å². The van der Waals surface area contributed by atoms with Crippen LogP contribution in [0.1, 0.15) is 24.8 Å². The molecular weight excluding hydrogens is 272 g/mol. The van der Waals surface area contributed by atoms with E-state index >= 15 is 0 Å². The summed E-state index contributed by atoms with van der Waals surface area (Å²) in [5.74, 6) is 0.189. The van der Waals surface area contributed by atoms with Crippen LogP contribution in [0.4, 0.5) is 5.69 Å². The van der Waals surface area contributed by atoms with Gasteiger partial charge in [0.05, 0.1) is 6.54 Å². The Balaban J connectivity index is 1.77. The number of anilines is 1. The second-order valence-corrected chi connectivity index (χ2v) is 5.80. The maximum atomic E-state index is 12.8. The summed E-state index contributed by atoms with van der Waals surface area (Å²) in [5, 5.41) is 3.41. The lowest BCUT2D eigenvalue weighted by molar-refractivity contribution is -0.119. The summed E-state index contributed by atoms with van der Waals surface area (Å²) in [7, 11) is 0. The van der Waals surface area contributed by atoms with Crippen LogP contribution in [0.25, 0.3) is 0 Å². The van der Waals surface area contributed by atoms with Gasteiger partial charge in [0.25, 0.3) is 0 Å². The highest BCUT2D eigenvalue weighted by atomic mass is 16.2. The van der Waals surface area contributed by atoms with E-state index in [4.69, 9.17) is 0 Å². The Bertz CT molecular complexity index is 591. The third-order valence-corrected chi connectivity index (χ3v) is 4.14. The molecule has 1 amide bonds. The number of hydrogen-bond acceptors (Lipinski definition) is 2. The summed E-state index contributed by atoms with van der Waals surface area (Å²) in [6.45, 7) is 1.65. The number of hydrogen-bond donors (Lipinski definition) is 1. The van der Waals surface area contributed by atoms with E-state index < -0.39 is 0 Å². The second-order valence-electron chi connectivity index (χ2n) is 5.80. The summed E-state index contributed by atoms with van der Waals surface area (Å²) in [4.78, 5) is 14.7. The molecule has 1 saturated heterocycles. The monoisotopic (exact) mass is 294 g/mol. The van der Waals surface area contributed by atoms with Crippen LogP contribution in [-0.2, 0) is 11.3 Å². The zero-order valence-corrected chi connectivity index (χ0v) is 12.7. The van der Waals surface area contributed by atoms with Gasteiger partial charge in [-0.2, -0.15) is 0 Å². The maximum Gasteiger partial charge on any atom is 0.228 e. The molecule has 1 fully saturated rings. The number of carbonyl (C=O) groups excluding carboxylic acids is 1. The minimum absolute atomic E-state index is 0.189. The second kappa shape index (κ2) is 7.23. The van der Waals surface area contributed by atoms with Gasteiger partial charge in [-0.3, -0.25) is 4.79 Å². The van der Waals surface area contributed by atoms with Crippen molar-refractivity contribution < 1.29 is 4.79 Å². The molecule has 1 unspecified atom stereocenters. The highest BCUT2D eigenvalue weighted by Gasteiger charge is 2.22. The fraction of sp³-hybridized carbons (Fsp3) is 0.316. The van der Waals surface area contributed by atoms with Crippen molar-refractivity contribution in [1.82, 2.24) is 5.32 Å². The Morgan fingerprint density at radius 3 is 2.36 bits per heavy atom. The molecule has 2 aromatic carbocycles. The molecule has 1 atom stereocenters. The molecule has 1 N–H and O–H groups in total. The molecule has 1 heterocycles. The minimum atomic E-state index is 0.189. The van der Waals surface area contributed by atoms with Gasteiger partial charge in [-0.1, -0.05) is 48.5 Å². The first-order chi connectivity index (χ1) is 10.8. The lowest BCUT2D eigenvalue weighted by Crippen LogP contribution is -2.35. The van der Waals surface area contributed by atoms with Crippen LogP contribution < -0.4 is 10.2 Å². The molecule has 22 heavy (non-hydrogen) atoms. The lowest BCUT2D eigenvalue weighted by Gasteiger charge is -2.24. The summed E-state index contributed by atoms with van der Waals surface area (Å²) < 4.78 is 0. The highest BCUT2D eigenvalue weighted by Crippen LogP contribution is 2.20. The molecule has 3 nitrogen and oxygen atoms in total. The van der Waals surface area contributed by atoms with Gasteiger partial charge in [0, 0.05) is 18.2 Å². The summed E-state index contributed by atoms with van der Waals surface area (Å²) in [6.07, 6.45) is 2.84. The van der Waals surface area contributed by atoms with Crippen molar-refractivity contribution in [2.24, 2.45) is 0 Å². The Morgan fingerprint density at radius 1 is 1.05 bits per heavy atom. The van der Waals surface area contributed by atoms with Crippen molar-refractivity contribution in [1.29, 1.82) is 0 Å². The fourth-order valence-corrected chi connectivity index (χ4v) is 2.95. The molecule has 0 bridgehead atoms. The number of rotatable bonds is 5. The SMILES string of the molecule is O=C(CC1CCCN1)N(Cc1ccccc1)c1ccccc1. The first kappa shape index (κ1) is 14.8. The zero-order chi connectivity index (χ0) is 15.2. The summed E-state index contributed by atoms with van der Waals surface area (Å²) in [6, 6.07) is 20.4. The van der Waals surface area contributed by atoms with Crippen molar-refractivity contribution in [3.05, 3.63) is 66.2 Å². The molecule has 0 saturated carbocycles. The Kier molecular flexibility index (Phi) is 4.86. The van der Waals surface area contributed by atoms with Gasteiger partial charge in [0.2, 0.25) is 5.91 Å². The van der Waals surface area contributed by atoms with Crippen LogP contribution in [0.2, 0.25) is 0 Å². The quantitative estimate of drug-likeness (QED) is 0.917. The smallest absolute Gasteiger partial charge is 0.228 e. The Morgan fingerprint density at radius 2 is 1.73 bits per heavy atom. The van der Waals surface area contributed by atoms with E-state index in [1.54, 1.807) is 0 Å². The molecule has 3 heteroatoms. The number of benzene rings is 2.